The number of ether oxygens (including phenoxy) is 1. The third-order valence-corrected chi connectivity index (χ3v) is 5.74. The number of halogens is 4. The lowest BCUT2D eigenvalue weighted by atomic mass is 10.1. The van der Waals surface area contributed by atoms with Gasteiger partial charge in [0.05, 0.1) is 16.1 Å². The van der Waals surface area contributed by atoms with E-state index in [0.29, 0.717) is 6.07 Å². The maximum Gasteiger partial charge on any atom is 0.418 e. The second-order valence-electron chi connectivity index (χ2n) is 6.41. The highest BCUT2D eigenvalue weighted by Crippen LogP contribution is 2.36. The van der Waals surface area contributed by atoms with Crippen LogP contribution in [-0.4, -0.2) is 32.4 Å². The molecule has 2 aromatic rings. The number of rotatable bonds is 7. The van der Waals surface area contributed by atoms with Gasteiger partial charge in [-0.1, -0.05) is 29.8 Å². The summed E-state index contributed by atoms with van der Waals surface area (Å²) in [5.74, 6) is -2.13. The van der Waals surface area contributed by atoms with Gasteiger partial charge in [0.1, 0.15) is 6.04 Å². The predicted octanol–water partition coefficient (Wildman–Crippen LogP) is 3.60. The molecule has 0 saturated carbocycles. The van der Waals surface area contributed by atoms with Crippen LogP contribution in [0.2, 0.25) is 5.02 Å². The van der Waals surface area contributed by atoms with Crippen LogP contribution in [0.4, 0.5) is 18.9 Å². The average Bonchev–Trinajstić information content (AvgIpc) is 2.68. The molecule has 2 aromatic carbocycles. The number of carbonyl (C=O) groups is 2. The second-order valence-corrected chi connectivity index (χ2v) is 8.56. The Kier molecular flexibility index (Phi) is 7.68. The fourth-order valence-corrected chi connectivity index (χ4v) is 3.76. The highest BCUT2D eigenvalue weighted by Gasteiger charge is 2.35. The van der Waals surface area contributed by atoms with Gasteiger partial charge < -0.3 is 10.1 Å². The van der Waals surface area contributed by atoms with Gasteiger partial charge in [0, 0.05) is 5.02 Å². The first kappa shape index (κ1) is 24.6. The van der Waals surface area contributed by atoms with Crippen molar-refractivity contribution in [2.24, 2.45) is 0 Å². The number of esters is 1. The summed E-state index contributed by atoms with van der Waals surface area (Å²) < 4.78 is 70.9. The van der Waals surface area contributed by atoms with Crippen molar-refractivity contribution in [1.82, 2.24) is 4.72 Å². The molecular weight excluding hydrogens is 461 g/mol. The van der Waals surface area contributed by atoms with Gasteiger partial charge in [-0.3, -0.25) is 9.59 Å². The summed E-state index contributed by atoms with van der Waals surface area (Å²) in [4.78, 5) is 24.3. The quantitative estimate of drug-likeness (QED) is 0.592. The number of alkyl halides is 3. The Bertz CT molecular complexity index is 1060. The molecular formula is C19H18ClF3N2O5S. The Morgan fingerprint density at radius 2 is 1.68 bits per heavy atom. The van der Waals surface area contributed by atoms with E-state index in [1.165, 1.54) is 31.2 Å². The number of amides is 1. The fourth-order valence-electron chi connectivity index (χ4n) is 2.37. The molecule has 0 radical (unpaired) electrons. The monoisotopic (exact) mass is 478 g/mol. The first-order chi connectivity index (χ1) is 14.3. The number of sulfonamides is 1. The van der Waals surface area contributed by atoms with E-state index in [4.69, 9.17) is 16.3 Å². The lowest BCUT2D eigenvalue weighted by Crippen LogP contribution is -2.42. The molecule has 0 aromatic heterocycles. The number of carbonyl (C=O) groups excluding carboxylic acids is 2. The van der Waals surface area contributed by atoms with E-state index in [9.17, 15) is 31.2 Å². The van der Waals surface area contributed by atoms with Gasteiger partial charge >= 0.3 is 12.1 Å². The smallest absolute Gasteiger partial charge is 0.418 e. The summed E-state index contributed by atoms with van der Waals surface area (Å²) in [5, 5.41) is 1.85. The number of anilines is 1. The summed E-state index contributed by atoms with van der Waals surface area (Å²) in [6.07, 6.45) is -6.29. The van der Waals surface area contributed by atoms with Crippen molar-refractivity contribution in [3.8, 4) is 0 Å². The number of benzene rings is 2. The Labute approximate surface area is 181 Å². The fraction of sp³-hybridized carbons (Fsp3) is 0.263. The zero-order valence-corrected chi connectivity index (χ0v) is 17.8. The minimum Gasteiger partial charge on any atom is -0.451 e. The molecule has 1 amide bonds. The van der Waals surface area contributed by atoms with Crippen molar-refractivity contribution >= 4 is 39.2 Å². The Morgan fingerprint density at radius 3 is 2.26 bits per heavy atom. The van der Waals surface area contributed by atoms with Gasteiger partial charge in [-0.2, -0.15) is 17.9 Å². The van der Waals surface area contributed by atoms with Gasteiger partial charge in [-0.15, -0.1) is 0 Å². The molecule has 12 heteroatoms. The maximum absolute atomic E-state index is 13.1. The molecule has 168 valence electrons. The van der Waals surface area contributed by atoms with Gasteiger partial charge in [0.25, 0.3) is 5.91 Å². The van der Waals surface area contributed by atoms with Crippen molar-refractivity contribution in [1.29, 1.82) is 0 Å². The summed E-state index contributed by atoms with van der Waals surface area (Å²) >= 11 is 5.58. The molecule has 31 heavy (non-hydrogen) atoms. The van der Waals surface area contributed by atoms with Crippen molar-refractivity contribution in [2.75, 3.05) is 5.32 Å². The van der Waals surface area contributed by atoms with Crippen LogP contribution in [0.25, 0.3) is 0 Å². The van der Waals surface area contributed by atoms with Crippen molar-refractivity contribution in [3.63, 3.8) is 0 Å². The molecule has 2 N–H and O–H groups in total. The van der Waals surface area contributed by atoms with E-state index in [1.807, 2.05) is 5.32 Å². The lowest BCUT2D eigenvalue weighted by molar-refractivity contribution is -0.154. The number of nitrogens with one attached hydrogen (secondary N) is 2. The van der Waals surface area contributed by atoms with Gasteiger partial charge in [-0.25, -0.2) is 8.42 Å². The SMILES string of the molecule is CC(OC(=O)[C@H](C)NS(=O)(=O)c1ccccc1)C(=O)Nc1ccc(Cl)cc1C(F)(F)F. The van der Waals surface area contributed by atoms with Crippen LogP contribution < -0.4 is 10.0 Å². The molecule has 0 bridgehead atoms. The Balaban J connectivity index is 2.04. The van der Waals surface area contributed by atoms with Crippen molar-refractivity contribution in [2.45, 2.75) is 37.1 Å². The van der Waals surface area contributed by atoms with Crippen LogP contribution >= 0.6 is 11.6 Å². The second kappa shape index (κ2) is 9.67. The highest BCUT2D eigenvalue weighted by molar-refractivity contribution is 7.89. The number of hydrogen-bond acceptors (Lipinski definition) is 5. The van der Waals surface area contributed by atoms with E-state index in [0.717, 1.165) is 19.1 Å². The van der Waals surface area contributed by atoms with Gasteiger partial charge in [0.15, 0.2) is 6.10 Å². The molecule has 0 heterocycles. The van der Waals surface area contributed by atoms with E-state index in [-0.39, 0.29) is 9.92 Å². The summed E-state index contributed by atoms with van der Waals surface area (Å²) in [6, 6.07) is 8.66. The molecule has 0 saturated heterocycles. The topological polar surface area (TPSA) is 102 Å². The van der Waals surface area contributed by atoms with E-state index in [2.05, 4.69) is 4.72 Å². The first-order valence-corrected chi connectivity index (χ1v) is 10.6. The minimum absolute atomic E-state index is 0.0807. The van der Waals surface area contributed by atoms with E-state index >= 15 is 0 Å². The van der Waals surface area contributed by atoms with Crippen LogP contribution in [0, 0.1) is 0 Å². The lowest BCUT2D eigenvalue weighted by Gasteiger charge is -2.19. The highest BCUT2D eigenvalue weighted by atomic mass is 35.5. The summed E-state index contributed by atoms with van der Waals surface area (Å²) in [5.41, 5.74) is -1.74. The molecule has 0 spiro atoms. The zero-order valence-electron chi connectivity index (χ0n) is 16.2. The maximum atomic E-state index is 13.1. The van der Waals surface area contributed by atoms with Crippen molar-refractivity contribution < 1.29 is 35.9 Å². The third-order valence-electron chi connectivity index (χ3n) is 3.95. The van der Waals surface area contributed by atoms with Crippen LogP contribution in [0.1, 0.15) is 19.4 Å². The minimum atomic E-state index is -4.78. The van der Waals surface area contributed by atoms with Crippen LogP contribution in [0.5, 0.6) is 0 Å². The standard InChI is InChI=1S/C19H18ClF3N2O5S/c1-11(25-31(28,29)14-6-4-3-5-7-14)18(27)30-12(2)17(26)24-16-9-8-13(20)10-15(16)19(21,22)23/h3-12,25H,1-2H3,(H,24,26)/t11-,12?/m0/s1. The van der Waals surface area contributed by atoms with E-state index in [1.54, 1.807) is 6.07 Å². The summed E-state index contributed by atoms with van der Waals surface area (Å²) in [7, 11) is -4.02. The Morgan fingerprint density at radius 1 is 1.06 bits per heavy atom. The molecule has 2 atom stereocenters. The van der Waals surface area contributed by atoms with Crippen LogP contribution in [0.15, 0.2) is 53.4 Å². The molecule has 7 nitrogen and oxygen atoms in total. The average molecular weight is 479 g/mol. The summed E-state index contributed by atoms with van der Waals surface area (Å²) in [6.45, 7) is 2.34. The van der Waals surface area contributed by atoms with E-state index < -0.39 is 51.5 Å². The molecule has 0 aliphatic carbocycles. The van der Waals surface area contributed by atoms with Crippen LogP contribution in [-0.2, 0) is 30.5 Å². The van der Waals surface area contributed by atoms with Gasteiger partial charge in [0.2, 0.25) is 10.0 Å². The molecule has 0 aliphatic heterocycles. The van der Waals surface area contributed by atoms with Crippen LogP contribution in [0.3, 0.4) is 0 Å². The third kappa shape index (κ3) is 6.68. The van der Waals surface area contributed by atoms with Gasteiger partial charge in [-0.05, 0) is 44.2 Å². The Hall–Kier alpha value is -2.63. The number of hydrogen-bond donors (Lipinski definition) is 2. The molecule has 1 unspecified atom stereocenters. The molecule has 0 aliphatic rings. The molecule has 0 fully saturated rings. The first-order valence-electron chi connectivity index (χ1n) is 8.77. The van der Waals surface area contributed by atoms with Crippen molar-refractivity contribution in [3.05, 3.63) is 59.1 Å². The largest absolute Gasteiger partial charge is 0.451 e. The predicted molar refractivity (Wildman–Crippen MR) is 107 cm³/mol. The normalized spacial score (nSPS) is 13.9. The zero-order chi connectivity index (χ0) is 23.4. The molecule has 2 rings (SSSR count).